The molecule has 0 aromatic heterocycles. The van der Waals surface area contributed by atoms with Crippen LogP contribution in [0.1, 0.15) is 12.8 Å². The number of hydrogen-bond donors (Lipinski definition) is 3. The fourth-order valence-corrected chi connectivity index (χ4v) is 2.00. The molecule has 0 atom stereocenters. The predicted octanol–water partition coefficient (Wildman–Crippen LogP) is -0.0255. The van der Waals surface area contributed by atoms with E-state index in [9.17, 15) is 0 Å². The summed E-state index contributed by atoms with van der Waals surface area (Å²) >= 11 is 0. The SMILES string of the molecule is C=C(/C=C(\N=C(N)N)C1CCOCC1)N(C)CCN. The molecule has 0 aliphatic carbocycles. The van der Waals surface area contributed by atoms with Gasteiger partial charge in [-0.05, 0) is 18.9 Å². The van der Waals surface area contributed by atoms with Crippen molar-refractivity contribution in [3.05, 3.63) is 24.0 Å². The molecule has 1 saturated heterocycles. The smallest absolute Gasteiger partial charge is 0.190 e. The van der Waals surface area contributed by atoms with E-state index in [1.807, 2.05) is 18.0 Å². The van der Waals surface area contributed by atoms with Crippen LogP contribution in [0, 0.1) is 5.92 Å². The summed E-state index contributed by atoms with van der Waals surface area (Å²) in [5, 5.41) is 0. The maximum Gasteiger partial charge on any atom is 0.190 e. The average molecular weight is 267 g/mol. The van der Waals surface area contributed by atoms with Crippen molar-refractivity contribution >= 4 is 5.96 Å². The van der Waals surface area contributed by atoms with E-state index in [1.165, 1.54) is 0 Å². The molecule has 1 aliphatic heterocycles. The number of nitrogens with zero attached hydrogens (tertiary/aromatic N) is 2. The van der Waals surface area contributed by atoms with Crippen LogP contribution in [0.2, 0.25) is 0 Å². The standard InChI is InChI=1S/C13H25N5O/c1-10(18(2)6-5-14)9-12(17-13(15)16)11-3-7-19-8-4-11/h9,11H,1,3-8,14H2,2H3,(H4,15,16,17)/b12-9-. The summed E-state index contributed by atoms with van der Waals surface area (Å²) in [6, 6.07) is 0. The van der Waals surface area contributed by atoms with Crippen molar-refractivity contribution in [1.82, 2.24) is 4.90 Å². The van der Waals surface area contributed by atoms with Gasteiger partial charge in [-0.3, -0.25) is 0 Å². The highest BCUT2D eigenvalue weighted by molar-refractivity contribution is 5.77. The van der Waals surface area contributed by atoms with Gasteiger partial charge in [0.2, 0.25) is 0 Å². The second kappa shape index (κ2) is 7.81. The van der Waals surface area contributed by atoms with Crippen LogP contribution in [0.5, 0.6) is 0 Å². The summed E-state index contributed by atoms with van der Waals surface area (Å²) < 4.78 is 5.36. The van der Waals surface area contributed by atoms with E-state index < -0.39 is 0 Å². The highest BCUT2D eigenvalue weighted by Gasteiger charge is 2.18. The van der Waals surface area contributed by atoms with Crippen molar-refractivity contribution in [2.24, 2.45) is 28.1 Å². The molecule has 19 heavy (non-hydrogen) atoms. The Morgan fingerprint density at radius 2 is 2.05 bits per heavy atom. The summed E-state index contributed by atoms with van der Waals surface area (Å²) in [6.45, 7) is 6.84. The number of guanidine groups is 1. The molecule has 1 aliphatic rings. The maximum absolute atomic E-state index is 5.53. The van der Waals surface area contributed by atoms with Gasteiger partial charge in [0, 0.05) is 50.7 Å². The Morgan fingerprint density at radius 3 is 2.58 bits per heavy atom. The molecule has 108 valence electrons. The lowest BCUT2D eigenvalue weighted by molar-refractivity contribution is 0.0754. The molecular weight excluding hydrogens is 242 g/mol. The largest absolute Gasteiger partial charge is 0.381 e. The van der Waals surface area contributed by atoms with Gasteiger partial charge in [-0.25, -0.2) is 4.99 Å². The van der Waals surface area contributed by atoms with Gasteiger partial charge >= 0.3 is 0 Å². The molecule has 0 saturated carbocycles. The number of rotatable bonds is 6. The minimum absolute atomic E-state index is 0.0759. The summed E-state index contributed by atoms with van der Waals surface area (Å²) in [4.78, 5) is 6.23. The Bertz CT molecular complexity index is 354. The minimum atomic E-state index is 0.0759. The monoisotopic (exact) mass is 267 g/mol. The predicted molar refractivity (Wildman–Crippen MR) is 78.3 cm³/mol. The first-order chi connectivity index (χ1) is 9.04. The van der Waals surface area contributed by atoms with Crippen LogP contribution in [0.15, 0.2) is 29.0 Å². The van der Waals surface area contributed by atoms with E-state index in [0.717, 1.165) is 44.0 Å². The van der Waals surface area contributed by atoms with E-state index in [0.29, 0.717) is 12.5 Å². The minimum Gasteiger partial charge on any atom is -0.381 e. The molecule has 6 N–H and O–H groups in total. The summed E-state index contributed by atoms with van der Waals surface area (Å²) in [5.41, 5.74) is 18.3. The van der Waals surface area contributed by atoms with Gasteiger partial charge < -0.3 is 26.8 Å². The number of nitrogens with two attached hydrogens (primary N) is 3. The van der Waals surface area contributed by atoms with Gasteiger partial charge in [0.05, 0.1) is 0 Å². The molecule has 0 amide bonds. The lowest BCUT2D eigenvalue weighted by Crippen LogP contribution is -2.26. The Balaban J connectivity index is 2.83. The molecule has 0 aromatic rings. The van der Waals surface area contributed by atoms with Crippen LogP contribution in [0.4, 0.5) is 0 Å². The van der Waals surface area contributed by atoms with Crippen LogP contribution in [-0.2, 0) is 4.74 Å². The van der Waals surface area contributed by atoms with Crippen molar-refractivity contribution in [3.63, 3.8) is 0 Å². The van der Waals surface area contributed by atoms with Crippen LogP contribution in [-0.4, -0.2) is 44.2 Å². The average Bonchev–Trinajstić information content (AvgIpc) is 2.38. The quantitative estimate of drug-likeness (QED) is 0.356. The van der Waals surface area contributed by atoms with Gasteiger partial charge in [0.15, 0.2) is 5.96 Å². The van der Waals surface area contributed by atoms with E-state index in [1.54, 1.807) is 0 Å². The summed E-state index contributed by atoms with van der Waals surface area (Å²) in [5.74, 6) is 0.394. The van der Waals surface area contributed by atoms with E-state index in [-0.39, 0.29) is 5.96 Å². The molecule has 0 unspecified atom stereocenters. The molecule has 6 heteroatoms. The number of hydrogen-bond acceptors (Lipinski definition) is 4. The van der Waals surface area contributed by atoms with E-state index >= 15 is 0 Å². The zero-order valence-corrected chi connectivity index (χ0v) is 11.6. The zero-order chi connectivity index (χ0) is 14.3. The zero-order valence-electron chi connectivity index (χ0n) is 11.6. The molecule has 1 heterocycles. The fraction of sp³-hybridized carbons (Fsp3) is 0.615. The number of allylic oxidation sites excluding steroid dienone is 2. The first kappa shape index (κ1) is 15.5. The highest BCUT2D eigenvalue weighted by atomic mass is 16.5. The molecular formula is C13H25N5O. The molecule has 1 fully saturated rings. The topological polar surface area (TPSA) is 103 Å². The molecule has 0 bridgehead atoms. The van der Waals surface area contributed by atoms with Crippen LogP contribution in [0.25, 0.3) is 0 Å². The van der Waals surface area contributed by atoms with Crippen LogP contribution in [0.3, 0.4) is 0 Å². The summed E-state index contributed by atoms with van der Waals surface area (Å²) in [6.07, 6.45) is 3.79. The van der Waals surface area contributed by atoms with Crippen molar-refractivity contribution in [1.29, 1.82) is 0 Å². The van der Waals surface area contributed by atoms with Crippen molar-refractivity contribution < 1.29 is 4.74 Å². The highest BCUT2D eigenvalue weighted by Crippen LogP contribution is 2.25. The van der Waals surface area contributed by atoms with Crippen LogP contribution < -0.4 is 17.2 Å². The number of ether oxygens (including phenoxy) is 1. The Labute approximate surface area is 115 Å². The van der Waals surface area contributed by atoms with Gasteiger partial charge in [-0.2, -0.15) is 0 Å². The first-order valence-corrected chi connectivity index (χ1v) is 6.53. The van der Waals surface area contributed by atoms with Crippen molar-refractivity contribution in [3.8, 4) is 0 Å². The summed E-state index contributed by atoms with van der Waals surface area (Å²) in [7, 11) is 1.95. The van der Waals surface area contributed by atoms with Gasteiger partial charge in [0.1, 0.15) is 0 Å². The van der Waals surface area contributed by atoms with Gasteiger partial charge in [-0.15, -0.1) is 0 Å². The lowest BCUT2D eigenvalue weighted by atomic mass is 9.96. The lowest BCUT2D eigenvalue weighted by Gasteiger charge is -2.24. The van der Waals surface area contributed by atoms with Crippen molar-refractivity contribution in [2.45, 2.75) is 12.8 Å². The first-order valence-electron chi connectivity index (χ1n) is 6.53. The number of aliphatic imine (C=N–C) groups is 1. The second-order valence-electron chi connectivity index (χ2n) is 4.69. The number of likely N-dealkylation sites (N-methyl/N-ethyl adjacent to an activating group) is 1. The third-order valence-corrected chi connectivity index (χ3v) is 3.17. The molecule has 0 aromatic carbocycles. The maximum atomic E-state index is 5.53. The van der Waals surface area contributed by atoms with E-state index in [2.05, 4.69) is 11.6 Å². The molecule has 0 spiro atoms. The Morgan fingerprint density at radius 1 is 1.42 bits per heavy atom. The Kier molecular flexibility index (Phi) is 6.38. The van der Waals surface area contributed by atoms with Gasteiger partial charge in [-0.1, -0.05) is 6.58 Å². The molecule has 0 radical (unpaired) electrons. The second-order valence-corrected chi connectivity index (χ2v) is 4.69. The van der Waals surface area contributed by atoms with Crippen LogP contribution >= 0.6 is 0 Å². The van der Waals surface area contributed by atoms with E-state index in [4.69, 9.17) is 21.9 Å². The van der Waals surface area contributed by atoms with Gasteiger partial charge in [0.25, 0.3) is 0 Å². The third-order valence-electron chi connectivity index (χ3n) is 3.17. The third kappa shape index (κ3) is 5.32. The Hall–Kier alpha value is -1.53. The molecule has 6 nitrogen and oxygen atoms in total. The normalized spacial score (nSPS) is 17.1. The molecule has 1 rings (SSSR count). The fourth-order valence-electron chi connectivity index (χ4n) is 2.00. The van der Waals surface area contributed by atoms with Crippen molar-refractivity contribution in [2.75, 3.05) is 33.4 Å².